The molecule has 4 nitrogen and oxygen atoms in total. The molecule has 0 saturated carbocycles. The Labute approximate surface area is 175 Å². The van der Waals surface area contributed by atoms with Crippen LogP contribution in [0, 0.1) is 0 Å². The lowest BCUT2D eigenvalue weighted by atomic mass is 10.1. The Hall–Kier alpha value is -0.470. The van der Waals surface area contributed by atoms with Crippen molar-refractivity contribution in [2.75, 3.05) is 26.0 Å². The third-order valence-electron chi connectivity index (χ3n) is 3.71. The molecule has 2 N–H and O–H groups in total. The van der Waals surface area contributed by atoms with Crippen LogP contribution in [0.4, 0.5) is 0 Å². The molecule has 0 amide bonds. The summed E-state index contributed by atoms with van der Waals surface area (Å²) >= 11 is 1.85. The van der Waals surface area contributed by atoms with Crippen molar-refractivity contribution in [2.45, 2.75) is 52.0 Å². The van der Waals surface area contributed by atoms with Gasteiger partial charge in [-0.1, -0.05) is 31.2 Å². The molecule has 0 spiro atoms. The van der Waals surface area contributed by atoms with Crippen LogP contribution in [0.5, 0.6) is 0 Å². The monoisotopic (exact) mass is 479 g/mol. The lowest BCUT2D eigenvalue weighted by Crippen LogP contribution is -2.43. The van der Waals surface area contributed by atoms with Crippen molar-refractivity contribution in [3.05, 3.63) is 35.4 Å². The highest BCUT2D eigenvalue weighted by atomic mass is 127. The lowest BCUT2D eigenvalue weighted by molar-refractivity contribution is 0.121. The first-order chi connectivity index (χ1) is 11.5. The maximum Gasteiger partial charge on any atom is 0.191 e. The number of rotatable bonds is 10. The number of hydrogen-bond donors (Lipinski definition) is 2. The molecule has 0 aromatic heterocycles. The van der Waals surface area contributed by atoms with Crippen LogP contribution in [-0.4, -0.2) is 36.7 Å². The van der Waals surface area contributed by atoms with Crippen LogP contribution < -0.4 is 10.6 Å². The summed E-state index contributed by atoms with van der Waals surface area (Å²) in [6.45, 7) is 12.5. The maximum atomic E-state index is 5.69. The topological polar surface area (TPSA) is 45.6 Å². The van der Waals surface area contributed by atoms with Crippen molar-refractivity contribution < 1.29 is 4.74 Å². The van der Waals surface area contributed by atoms with Gasteiger partial charge >= 0.3 is 0 Å². The van der Waals surface area contributed by atoms with Crippen LogP contribution in [0.25, 0.3) is 0 Å². The minimum atomic E-state index is 0. The predicted octanol–water partition coefficient (Wildman–Crippen LogP) is 4.43. The summed E-state index contributed by atoms with van der Waals surface area (Å²) in [5.41, 5.74) is 2.44. The summed E-state index contributed by atoms with van der Waals surface area (Å²) in [6, 6.07) is 8.37. The van der Waals surface area contributed by atoms with Gasteiger partial charge in [0.1, 0.15) is 0 Å². The zero-order chi connectivity index (χ0) is 17.8. The molecule has 0 heterocycles. The van der Waals surface area contributed by atoms with E-state index in [1.807, 2.05) is 11.8 Å². The smallest absolute Gasteiger partial charge is 0.191 e. The molecule has 0 aliphatic carbocycles. The van der Waals surface area contributed by atoms with E-state index >= 15 is 0 Å². The molecule has 1 aromatic carbocycles. The van der Waals surface area contributed by atoms with Crippen LogP contribution in [0.1, 0.15) is 45.2 Å². The average Bonchev–Trinajstić information content (AvgIpc) is 2.58. The Morgan fingerprint density at radius 3 is 2.44 bits per heavy atom. The van der Waals surface area contributed by atoms with E-state index in [0.29, 0.717) is 13.2 Å². The second-order valence-electron chi connectivity index (χ2n) is 6.33. The summed E-state index contributed by atoms with van der Waals surface area (Å²) in [7, 11) is 0. The number of ether oxygens (including phenoxy) is 1. The molecular weight excluding hydrogens is 445 g/mol. The van der Waals surface area contributed by atoms with Crippen molar-refractivity contribution in [3.63, 3.8) is 0 Å². The van der Waals surface area contributed by atoms with Crippen molar-refractivity contribution >= 4 is 41.7 Å². The van der Waals surface area contributed by atoms with Crippen LogP contribution in [0.3, 0.4) is 0 Å². The van der Waals surface area contributed by atoms with Crippen molar-refractivity contribution in [1.82, 2.24) is 10.6 Å². The van der Waals surface area contributed by atoms with E-state index in [4.69, 9.17) is 9.73 Å². The molecule has 1 rings (SSSR count). The fourth-order valence-electron chi connectivity index (χ4n) is 2.05. The Kier molecular flexibility index (Phi) is 13.4. The van der Waals surface area contributed by atoms with Gasteiger partial charge in [-0.05, 0) is 44.6 Å². The zero-order valence-corrected chi connectivity index (χ0v) is 19.4. The summed E-state index contributed by atoms with van der Waals surface area (Å²) in [6.07, 6.45) is 3.18. The first-order valence-electron chi connectivity index (χ1n) is 8.74. The van der Waals surface area contributed by atoms with Gasteiger partial charge in [-0.25, -0.2) is 4.99 Å². The number of benzene rings is 1. The third-order valence-corrected chi connectivity index (χ3v) is 4.96. The quantitative estimate of drug-likeness (QED) is 0.226. The average molecular weight is 479 g/mol. The lowest BCUT2D eigenvalue weighted by Gasteiger charge is -2.23. The normalized spacial score (nSPS) is 11.8. The van der Waals surface area contributed by atoms with Gasteiger partial charge in [0.15, 0.2) is 5.96 Å². The molecule has 144 valence electrons. The second kappa shape index (κ2) is 13.7. The zero-order valence-electron chi connectivity index (χ0n) is 16.2. The molecule has 6 heteroatoms. The van der Waals surface area contributed by atoms with E-state index in [1.54, 1.807) is 0 Å². The van der Waals surface area contributed by atoms with Gasteiger partial charge in [0.25, 0.3) is 0 Å². The maximum absolute atomic E-state index is 5.69. The second-order valence-corrected chi connectivity index (χ2v) is 7.85. The van der Waals surface area contributed by atoms with Crippen LogP contribution in [0.15, 0.2) is 29.3 Å². The van der Waals surface area contributed by atoms with E-state index < -0.39 is 0 Å². The van der Waals surface area contributed by atoms with Crippen molar-refractivity contribution in [1.29, 1.82) is 0 Å². The van der Waals surface area contributed by atoms with Gasteiger partial charge < -0.3 is 15.4 Å². The molecule has 0 atom stereocenters. The Bertz CT molecular complexity index is 509. The number of aliphatic imine (C=N–C) groups is 1. The third kappa shape index (κ3) is 10.3. The van der Waals surface area contributed by atoms with Gasteiger partial charge in [-0.3, -0.25) is 0 Å². The van der Waals surface area contributed by atoms with Gasteiger partial charge in [0.05, 0.1) is 13.2 Å². The van der Waals surface area contributed by atoms with Gasteiger partial charge in [0.2, 0.25) is 0 Å². The van der Waals surface area contributed by atoms with E-state index in [1.165, 1.54) is 11.1 Å². The number of thioether (sulfide) groups is 1. The summed E-state index contributed by atoms with van der Waals surface area (Å²) in [4.78, 5) is 4.74. The van der Waals surface area contributed by atoms with Crippen molar-refractivity contribution in [3.8, 4) is 0 Å². The fourth-order valence-corrected chi connectivity index (χ4v) is 2.27. The molecule has 0 fully saturated rings. The molecule has 0 aliphatic heterocycles. The Morgan fingerprint density at radius 1 is 1.16 bits per heavy atom. The van der Waals surface area contributed by atoms with Gasteiger partial charge in [0, 0.05) is 24.4 Å². The molecule has 0 aliphatic rings. The highest BCUT2D eigenvalue weighted by molar-refractivity contribution is 14.0. The minimum Gasteiger partial charge on any atom is -0.377 e. The molecule has 0 saturated heterocycles. The number of halogens is 1. The van der Waals surface area contributed by atoms with Crippen LogP contribution >= 0.6 is 35.7 Å². The van der Waals surface area contributed by atoms with E-state index in [2.05, 4.69) is 68.8 Å². The summed E-state index contributed by atoms with van der Waals surface area (Å²) < 4.78 is 5.87. The standard InChI is InChI=1S/C19H33N3OS.HI/c1-6-12-23-14-17-11-9-8-10-16(17)13-21-18(20-7-2)22-15-19(3,4)24-5;/h8-11H,6-7,12-15H2,1-5H3,(H2,20,21,22);1H. The van der Waals surface area contributed by atoms with E-state index in [9.17, 15) is 0 Å². The predicted molar refractivity (Wildman–Crippen MR) is 122 cm³/mol. The van der Waals surface area contributed by atoms with Crippen LogP contribution in [-0.2, 0) is 17.9 Å². The first-order valence-corrected chi connectivity index (χ1v) is 9.96. The minimum absolute atomic E-state index is 0. The molecule has 0 unspecified atom stereocenters. The first kappa shape index (κ1) is 24.5. The molecule has 1 aromatic rings. The molecular formula is C19H34IN3OS. The number of nitrogens with one attached hydrogen (secondary N) is 2. The Morgan fingerprint density at radius 2 is 1.84 bits per heavy atom. The van der Waals surface area contributed by atoms with Gasteiger partial charge in [-0.15, -0.1) is 24.0 Å². The summed E-state index contributed by atoms with van der Waals surface area (Å²) in [5.74, 6) is 0.865. The van der Waals surface area contributed by atoms with E-state index in [-0.39, 0.29) is 28.7 Å². The number of guanidine groups is 1. The SMILES string of the molecule is CCCOCc1ccccc1CN=C(NCC)NCC(C)(C)SC.I. The highest BCUT2D eigenvalue weighted by Crippen LogP contribution is 2.19. The molecule has 25 heavy (non-hydrogen) atoms. The number of nitrogens with zero attached hydrogens (tertiary/aromatic N) is 1. The molecule has 0 radical (unpaired) electrons. The Balaban J connectivity index is 0.00000576. The molecule has 0 bridgehead atoms. The highest BCUT2D eigenvalue weighted by Gasteiger charge is 2.16. The largest absolute Gasteiger partial charge is 0.377 e. The fraction of sp³-hybridized carbons (Fsp3) is 0.632. The van der Waals surface area contributed by atoms with Crippen LogP contribution in [0.2, 0.25) is 0 Å². The van der Waals surface area contributed by atoms with E-state index in [0.717, 1.165) is 32.1 Å². The van der Waals surface area contributed by atoms with Crippen molar-refractivity contribution in [2.24, 2.45) is 4.99 Å². The summed E-state index contributed by atoms with van der Waals surface area (Å²) in [5, 5.41) is 6.76. The number of hydrogen-bond acceptors (Lipinski definition) is 3. The van der Waals surface area contributed by atoms with Gasteiger partial charge in [-0.2, -0.15) is 11.8 Å².